The summed E-state index contributed by atoms with van der Waals surface area (Å²) in [5.41, 5.74) is 1.95. The first-order chi connectivity index (χ1) is 12.8. The number of methoxy groups -OCH3 is 1. The third-order valence-corrected chi connectivity index (χ3v) is 4.15. The predicted octanol–water partition coefficient (Wildman–Crippen LogP) is 3.91. The molecule has 1 N–H and O–H groups in total. The lowest BCUT2D eigenvalue weighted by atomic mass is 10.1. The van der Waals surface area contributed by atoms with E-state index in [1.165, 1.54) is 26.2 Å². The normalized spacial score (nSPS) is 10.2. The Morgan fingerprint density at radius 1 is 1.11 bits per heavy atom. The zero-order valence-corrected chi connectivity index (χ0v) is 16.1. The van der Waals surface area contributed by atoms with E-state index in [9.17, 15) is 14.4 Å². The number of ketones is 1. The fourth-order valence-electron chi connectivity index (χ4n) is 2.39. The third kappa shape index (κ3) is 5.31. The number of nitrogens with one attached hydrogen (secondary N) is 1. The van der Waals surface area contributed by atoms with Crippen LogP contribution in [0.15, 0.2) is 36.4 Å². The van der Waals surface area contributed by atoms with Crippen molar-refractivity contribution in [3.63, 3.8) is 0 Å². The summed E-state index contributed by atoms with van der Waals surface area (Å²) in [5.74, 6) is -1.20. The molecule has 6 nitrogen and oxygen atoms in total. The summed E-state index contributed by atoms with van der Waals surface area (Å²) < 4.78 is 10.3. The topological polar surface area (TPSA) is 81.7 Å². The Kier molecular flexibility index (Phi) is 6.96. The number of carbonyl (C=O) groups is 3. The average Bonchev–Trinajstić information content (AvgIpc) is 2.66. The molecule has 0 saturated heterocycles. The molecule has 27 heavy (non-hydrogen) atoms. The molecule has 0 spiro atoms. The van der Waals surface area contributed by atoms with Crippen molar-refractivity contribution in [1.82, 2.24) is 0 Å². The van der Waals surface area contributed by atoms with Gasteiger partial charge in [0, 0.05) is 18.6 Å². The van der Waals surface area contributed by atoms with E-state index < -0.39 is 12.6 Å². The van der Waals surface area contributed by atoms with Crippen LogP contribution in [0.2, 0.25) is 5.02 Å². The summed E-state index contributed by atoms with van der Waals surface area (Å²) in [6, 6.07) is 9.88. The summed E-state index contributed by atoms with van der Waals surface area (Å²) in [6.07, 6.45) is 0.874. The summed E-state index contributed by atoms with van der Waals surface area (Å²) in [4.78, 5) is 35.7. The molecular formula is C20H20ClNO5. The van der Waals surface area contributed by atoms with Crippen molar-refractivity contribution < 1.29 is 23.9 Å². The van der Waals surface area contributed by atoms with E-state index in [1.807, 2.05) is 19.1 Å². The molecule has 142 valence electrons. The minimum Gasteiger partial charge on any atom is -0.496 e. The van der Waals surface area contributed by atoms with Crippen LogP contribution in [-0.4, -0.2) is 31.4 Å². The fraction of sp³-hybridized carbons (Fsp3) is 0.250. The molecule has 0 aliphatic rings. The van der Waals surface area contributed by atoms with Gasteiger partial charge in [0.2, 0.25) is 5.91 Å². The first-order valence-electron chi connectivity index (χ1n) is 8.30. The summed E-state index contributed by atoms with van der Waals surface area (Å²) in [7, 11) is 1.37. The van der Waals surface area contributed by atoms with Gasteiger partial charge in [-0.1, -0.05) is 42.8 Å². The number of anilines is 1. The zero-order chi connectivity index (χ0) is 20.0. The van der Waals surface area contributed by atoms with E-state index in [1.54, 1.807) is 12.1 Å². The first kappa shape index (κ1) is 20.5. The van der Waals surface area contributed by atoms with Gasteiger partial charge in [0.1, 0.15) is 11.3 Å². The lowest BCUT2D eigenvalue weighted by Crippen LogP contribution is -2.15. The number of benzene rings is 2. The number of esters is 1. The summed E-state index contributed by atoms with van der Waals surface area (Å²) in [6.45, 7) is 2.95. The van der Waals surface area contributed by atoms with Crippen LogP contribution in [-0.2, 0) is 16.0 Å². The second-order valence-corrected chi connectivity index (χ2v) is 6.17. The van der Waals surface area contributed by atoms with Crippen LogP contribution in [0, 0.1) is 0 Å². The Bertz CT molecular complexity index is 861. The molecule has 2 aromatic rings. The Balaban J connectivity index is 2.11. The molecule has 0 heterocycles. The van der Waals surface area contributed by atoms with Gasteiger partial charge in [0.15, 0.2) is 12.4 Å². The molecule has 0 aliphatic carbocycles. The minimum atomic E-state index is -0.748. The van der Waals surface area contributed by atoms with Crippen LogP contribution in [0.5, 0.6) is 5.75 Å². The second-order valence-electron chi connectivity index (χ2n) is 5.76. The standard InChI is InChI=1S/C20H20ClNO5/c1-4-13-5-7-14(8-6-13)18(24)11-27-20(25)15-9-16(21)17(22-12(2)23)10-19(15)26-3/h5-10H,4,11H2,1-3H3,(H,22,23). The Labute approximate surface area is 162 Å². The molecular weight excluding hydrogens is 370 g/mol. The van der Waals surface area contributed by atoms with Gasteiger partial charge in [-0.15, -0.1) is 0 Å². The molecule has 7 heteroatoms. The Hall–Kier alpha value is -2.86. The van der Waals surface area contributed by atoms with E-state index in [2.05, 4.69) is 5.32 Å². The molecule has 2 aromatic carbocycles. The smallest absolute Gasteiger partial charge is 0.342 e. The van der Waals surface area contributed by atoms with Gasteiger partial charge in [-0.2, -0.15) is 0 Å². The second kappa shape index (κ2) is 9.19. The number of amides is 1. The highest BCUT2D eigenvalue weighted by molar-refractivity contribution is 6.34. The molecule has 0 saturated carbocycles. The highest BCUT2D eigenvalue weighted by atomic mass is 35.5. The highest BCUT2D eigenvalue weighted by Crippen LogP contribution is 2.31. The third-order valence-electron chi connectivity index (χ3n) is 3.84. The lowest BCUT2D eigenvalue weighted by Gasteiger charge is -2.12. The van der Waals surface area contributed by atoms with Gasteiger partial charge in [-0.25, -0.2) is 4.79 Å². The van der Waals surface area contributed by atoms with Crippen molar-refractivity contribution in [2.45, 2.75) is 20.3 Å². The van der Waals surface area contributed by atoms with E-state index in [0.29, 0.717) is 11.3 Å². The van der Waals surface area contributed by atoms with E-state index in [0.717, 1.165) is 12.0 Å². The van der Waals surface area contributed by atoms with E-state index in [-0.39, 0.29) is 28.0 Å². The van der Waals surface area contributed by atoms with Crippen molar-refractivity contribution in [1.29, 1.82) is 0 Å². The maximum Gasteiger partial charge on any atom is 0.342 e. The van der Waals surface area contributed by atoms with Gasteiger partial charge in [0.05, 0.1) is 17.8 Å². The maximum atomic E-state index is 12.3. The van der Waals surface area contributed by atoms with Gasteiger partial charge in [-0.05, 0) is 18.1 Å². The number of rotatable bonds is 7. The molecule has 1 amide bonds. The van der Waals surface area contributed by atoms with Crippen molar-refractivity contribution in [3.8, 4) is 5.75 Å². The first-order valence-corrected chi connectivity index (χ1v) is 8.67. The summed E-state index contributed by atoms with van der Waals surface area (Å²) >= 11 is 6.09. The largest absolute Gasteiger partial charge is 0.496 e. The Morgan fingerprint density at radius 2 is 1.78 bits per heavy atom. The number of Topliss-reactive ketones (excluding diaryl/α,β-unsaturated/α-hetero) is 1. The SMILES string of the molecule is CCc1ccc(C(=O)COC(=O)c2cc(Cl)c(NC(C)=O)cc2OC)cc1. The van der Waals surface area contributed by atoms with Crippen LogP contribution in [0.4, 0.5) is 5.69 Å². The maximum absolute atomic E-state index is 12.3. The highest BCUT2D eigenvalue weighted by Gasteiger charge is 2.19. The van der Waals surface area contributed by atoms with Crippen molar-refractivity contribution in [3.05, 3.63) is 58.1 Å². The monoisotopic (exact) mass is 389 g/mol. The average molecular weight is 390 g/mol. The van der Waals surface area contributed by atoms with Crippen molar-refractivity contribution in [2.24, 2.45) is 0 Å². The van der Waals surface area contributed by atoms with Gasteiger partial charge in [0.25, 0.3) is 0 Å². The van der Waals surface area contributed by atoms with Gasteiger partial charge < -0.3 is 14.8 Å². The number of hydrogen-bond acceptors (Lipinski definition) is 5. The molecule has 0 radical (unpaired) electrons. The lowest BCUT2D eigenvalue weighted by molar-refractivity contribution is -0.114. The molecule has 0 bridgehead atoms. The van der Waals surface area contributed by atoms with E-state index in [4.69, 9.17) is 21.1 Å². The van der Waals surface area contributed by atoms with Crippen LogP contribution < -0.4 is 10.1 Å². The molecule has 0 atom stereocenters. The molecule has 0 aromatic heterocycles. The van der Waals surface area contributed by atoms with Crippen LogP contribution in [0.25, 0.3) is 0 Å². The van der Waals surface area contributed by atoms with Gasteiger partial charge in [-0.3, -0.25) is 9.59 Å². The van der Waals surface area contributed by atoms with Crippen molar-refractivity contribution in [2.75, 3.05) is 19.0 Å². The van der Waals surface area contributed by atoms with Crippen molar-refractivity contribution >= 4 is 34.9 Å². The van der Waals surface area contributed by atoms with Crippen LogP contribution >= 0.6 is 11.6 Å². The van der Waals surface area contributed by atoms with Crippen LogP contribution in [0.1, 0.15) is 40.1 Å². The molecule has 0 fully saturated rings. The number of aryl methyl sites for hydroxylation is 1. The summed E-state index contributed by atoms with van der Waals surface area (Å²) in [5, 5.41) is 2.69. The number of ether oxygens (including phenoxy) is 2. The predicted molar refractivity (Wildman–Crippen MR) is 103 cm³/mol. The molecule has 0 aliphatic heterocycles. The number of hydrogen-bond donors (Lipinski definition) is 1. The zero-order valence-electron chi connectivity index (χ0n) is 15.3. The van der Waals surface area contributed by atoms with E-state index >= 15 is 0 Å². The molecule has 2 rings (SSSR count). The fourth-order valence-corrected chi connectivity index (χ4v) is 2.60. The molecule has 0 unspecified atom stereocenters. The Morgan fingerprint density at radius 3 is 2.33 bits per heavy atom. The number of carbonyl (C=O) groups excluding carboxylic acids is 3. The van der Waals surface area contributed by atoms with Gasteiger partial charge >= 0.3 is 5.97 Å². The minimum absolute atomic E-state index is 0.0609. The number of halogens is 1. The van der Waals surface area contributed by atoms with Crippen LogP contribution in [0.3, 0.4) is 0 Å². The quantitative estimate of drug-likeness (QED) is 0.573.